The minimum absolute atomic E-state index is 0.121. The van der Waals surface area contributed by atoms with Gasteiger partial charge in [-0.2, -0.15) is 0 Å². The number of carbonyl (C=O) groups excluding carboxylic acids is 3. The van der Waals surface area contributed by atoms with Crippen LogP contribution in [0.15, 0.2) is 66.7 Å². The normalized spacial score (nSPS) is 30.0. The Balaban J connectivity index is 1.11. The van der Waals surface area contributed by atoms with Gasteiger partial charge in [-0.05, 0) is 95.7 Å². The Morgan fingerprint density at radius 1 is 1.00 bits per heavy atom. The summed E-state index contributed by atoms with van der Waals surface area (Å²) >= 11 is 0. The highest BCUT2D eigenvalue weighted by atomic mass is 32.2. The molecule has 5 atom stereocenters. The van der Waals surface area contributed by atoms with E-state index < -0.39 is 43.8 Å². The Morgan fingerprint density at radius 2 is 1.78 bits per heavy atom. The van der Waals surface area contributed by atoms with Crippen molar-refractivity contribution < 1.29 is 27.5 Å². The summed E-state index contributed by atoms with van der Waals surface area (Å²) in [6.45, 7) is 4.46. The van der Waals surface area contributed by atoms with Gasteiger partial charge in [0, 0.05) is 23.8 Å². The molecule has 11 heteroatoms. The SMILES string of the molecule is Cc1nc2ccccc2c2c1O[C@]1(CC2)C[C@H]2C(=O)C[C@]3(C(=O)NS(=O)(=O)C4(C)CC4)C[C@H]3/C=C\CCCCC[C@H](NCCc3ccccc3)C(=O)N2C1. The van der Waals surface area contributed by atoms with E-state index in [9.17, 15) is 22.8 Å². The standard InChI is InChI=1S/C43H52N4O6S/c1-29-38-33(32-16-11-12-17-34(32)45-29)19-21-42(53-38)26-36-37(48)27-43(40(50)46-54(51,52)41(2)22-23-41)25-31(43)15-9-4-3-5-10-18-35(39(49)47(36)28-42)44-24-20-30-13-7-6-8-14-30/h6-9,11-17,31,35-36,44H,3-5,10,18-28H2,1-2H3,(H,46,50)/b15-9-/t31-,35+,36+,42-,43-/m1/s1. The molecule has 54 heavy (non-hydrogen) atoms. The molecule has 5 aliphatic rings. The van der Waals surface area contributed by atoms with Gasteiger partial charge >= 0.3 is 0 Å². The molecule has 8 rings (SSSR count). The van der Waals surface area contributed by atoms with Crippen LogP contribution in [0.2, 0.25) is 0 Å². The average molecular weight is 753 g/mol. The first kappa shape index (κ1) is 36.9. The van der Waals surface area contributed by atoms with E-state index in [0.717, 1.165) is 66.4 Å². The number of nitrogens with zero attached hydrogens (tertiary/aromatic N) is 2. The Morgan fingerprint density at radius 3 is 2.57 bits per heavy atom. The number of para-hydroxylation sites is 1. The number of nitrogens with one attached hydrogen (secondary N) is 2. The minimum atomic E-state index is -3.90. The lowest BCUT2D eigenvalue weighted by Gasteiger charge is -2.36. The Hall–Kier alpha value is -4.09. The number of fused-ring (bicyclic) bond motifs is 5. The summed E-state index contributed by atoms with van der Waals surface area (Å²) in [5.74, 6) is -0.473. The van der Waals surface area contributed by atoms with Gasteiger partial charge < -0.3 is 15.0 Å². The van der Waals surface area contributed by atoms with E-state index in [1.54, 1.807) is 11.8 Å². The molecule has 2 saturated carbocycles. The number of amides is 2. The zero-order valence-corrected chi connectivity index (χ0v) is 32.3. The van der Waals surface area contributed by atoms with E-state index in [1.165, 1.54) is 5.56 Å². The summed E-state index contributed by atoms with van der Waals surface area (Å²) in [7, 11) is -3.90. The summed E-state index contributed by atoms with van der Waals surface area (Å²) in [5, 5.41) is 4.61. The number of ether oxygens (including phenoxy) is 1. The Labute approximate surface area is 318 Å². The molecular formula is C43H52N4O6S. The van der Waals surface area contributed by atoms with Crippen LogP contribution in [0.5, 0.6) is 5.75 Å². The third kappa shape index (κ3) is 6.98. The van der Waals surface area contributed by atoms with E-state index in [-0.39, 0.29) is 30.6 Å². The van der Waals surface area contributed by atoms with Crippen LogP contribution in [-0.2, 0) is 37.2 Å². The monoisotopic (exact) mass is 752 g/mol. The highest BCUT2D eigenvalue weighted by molar-refractivity contribution is 7.91. The van der Waals surface area contributed by atoms with Crippen molar-refractivity contribution in [3.8, 4) is 5.75 Å². The zero-order chi connectivity index (χ0) is 37.7. The van der Waals surface area contributed by atoms with Crippen LogP contribution in [-0.4, -0.2) is 71.4 Å². The molecule has 1 spiro atoms. The quantitative estimate of drug-likeness (QED) is 0.286. The first-order valence-corrected chi connectivity index (χ1v) is 21.3. The van der Waals surface area contributed by atoms with Gasteiger partial charge in [0.25, 0.3) is 0 Å². The molecule has 2 aromatic carbocycles. The average Bonchev–Trinajstić information content (AvgIpc) is 4.05. The van der Waals surface area contributed by atoms with Crippen molar-refractivity contribution >= 4 is 38.5 Å². The fraction of sp³-hybridized carbons (Fsp3) is 0.535. The second-order valence-electron chi connectivity index (χ2n) is 16.8. The van der Waals surface area contributed by atoms with Crippen LogP contribution in [0.1, 0.15) is 94.4 Å². The van der Waals surface area contributed by atoms with Crippen molar-refractivity contribution in [1.82, 2.24) is 19.9 Å². The molecule has 0 radical (unpaired) electrons. The summed E-state index contributed by atoms with van der Waals surface area (Å²) in [6, 6.07) is 16.9. The number of allylic oxidation sites excluding steroid dienone is 2. The van der Waals surface area contributed by atoms with Crippen molar-refractivity contribution in [3.05, 3.63) is 83.6 Å². The van der Waals surface area contributed by atoms with Gasteiger partial charge in [-0.15, -0.1) is 0 Å². The number of hydrogen-bond donors (Lipinski definition) is 2. The Kier molecular flexibility index (Phi) is 9.70. The maximum atomic E-state index is 14.8. The predicted molar refractivity (Wildman–Crippen MR) is 207 cm³/mol. The lowest BCUT2D eigenvalue weighted by atomic mass is 9.85. The predicted octanol–water partition coefficient (Wildman–Crippen LogP) is 5.89. The second kappa shape index (κ2) is 14.2. The fourth-order valence-corrected chi connectivity index (χ4v) is 10.4. The first-order valence-electron chi connectivity index (χ1n) is 19.8. The van der Waals surface area contributed by atoms with E-state index in [0.29, 0.717) is 45.1 Å². The van der Waals surface area contributed by atoms with E-state index in [2.05, 4.69) is 34.3 Å². The van der Waals surface area contributed by atoms with Gasteiger partial charge in [0.2, 0.25) is 21.8 Å². The molecule has 286 valence electrons. The van der Waals surface area contributed by atoms with Crippen molar-refractivity contribution in [2.45, 2.75) is 120 Å². The van der Waals surface area contributed by atoms with E-state index in [1.807, 2.05) is 49.4 Å². The molecule has 3 fully saturated rings. The molecule has 2 N–H and O–H groups in total. The number of sulfonamides is 1. The number of aromatic nitrogens is 1. The lowest BCUT2D eigenvalue weighted by molar-refractivity contribution is -0.140. The summed E-state index contributed by atoms with van der Waals surface area (Å²) in [6.07, 6.45) is 11.9. The van der Waals surface area contributed by atoms with Gasteiger partial charge in [0.15, 0.2) is 5.78 Å². The second-order valence-corrected chi connectivity index (χ2v) is 19.0. The van der Waals surface area contributed by atoms with Gasteiger partial charge in [0.05, 0.1) is 40.0 Å². The molecule has 0 unspecified atom stereocenters. The molecule has 1 saturated heterocycles. The highest BCUT2D eigenvalue weighted by Crippen LogP contribution is 2.58. The van der Waals surface area contributed by atoms with Crippen LogP contribution in [0.3, 0.4) is 0 Å². The topological polar surface area (TPSA) is 135 Å². The molecule has 2 aliphatic carbocycles. The van der Waals surface area contributed by atoms with Crippen LogP contribution in [0.25, 0.3) is 10.9 Å². The number of ketones is 1. The molecule has 4 heterocycles. The van der Waals surface area contributed by atoms with Crippen LogP contribution >= 0.6 is 0 Å². The van der Waals surface area contributed by atoms with Crippen molar-refractivity contribution in [2.24, 2.45) is 11.3 Å². The van der Waals surface area contributed by atoms with Gasteiger partial charge in [0.1, 0.15) is 11.4 Å². The molecule has 0 bridgehead atoms. The minimum Gasteiger partial charge on any atom is -0.483 e. The van der Waals surface area contributed by atoms with Crippen molar-refractivity contribution in [1.29, 1.82) is 0 Å². The molecule has 1 aromatic heterocycles. The van der Waals surface area contributed by atoms with Crippen LogP contribution < -0.4 is 14.8 Å². The number of carbonyl (C=O) groups is 3. The molecule has 2 amide bonds. The maximum Gasteiger partial charge on any atom is 0.240 e. The van der Waals surface area contributed by atoms with Gasteiger partial charge in [-0.3, -0.25) is 19.1 Å². The van der Waals surface area contributed by atoms with Crippen LogP contribution in [0.4, 0.5) is 0 Å². The summed E-state index contributed by atoms with van der Waals surface area (Å²) in [5.41, 5.74) is 1.99. The van der Waals surface area contributed by atoms with E-state index >= 15 is 0 Å². The molecule has 3 aromatic rings. The van der Waals surface area contributed by atoms with Crippen molar-refractivity contribution in [2.75, 3.05) is 13.1 Å². The first-order chi connectivity index (χ1) is 25.9. The molecule has 3 aliphatic heterocycles. The lowest BCUT2D eigenvalue weighted by Crippen LogP contribution is -2.52. The van der Waals surface area contributed by atoms with E-state index in [4.69, 9.17) is 9.72 Å². The number of hydrogen-bond acceptors (Lipinski definition) is 8. The fourth-order valence-electron chi connectivity index (χ4n) is 9.07. The third-order valence-electron chi connectivity index (χ3n) is 12.9. The molecular weight excluding hydrogens is 701 g/mol. The highest BCUT2D eigenvalue weighted by Gasteiger charge is 2.63. The van der Waals surface area contributed by atoms with Crippen molar-refractivity contribution in [3.63, 3.8) is 0 Å². The van der Waals surface area contributed by atoms with Gasteiger partial charge in [-0.1, -0.05) is 73.5 Å². The smallest absolute Gasteiger partial charge is 0.240 e. The number of pyridine rings is 1. The zero-order valence-electron chi connectivity index (χ0n) is 31.4. The molecule has 10 nitrogen and oxygen atoms in total. The summed E-state index contributed by atoms with van der Waals surface area (Å²) in [4.78, 5) is 50.2. The van der Waals surface area contributed by atoms with Gasteiger partial charge in [-0.25, -0.2) is 13.4 Å². The number of benzene rings is 2. The largest absolute Gasteiger partial charge is 0.483 e. The number of rotatable bonds is 7. The number of Topliss-reactive ketones (excluding diaryl/α,β-unsaturated/α-hetero) is 1. The van der Waals surface area contributed by atoms with Crippen LogP contribution in [0, 0.1) is 18.3 Å². The third-order valence-corrected chi connectivity index (χ3v) is 15.1. The maximum absolute atomic E-state index is 14.8. The summed E-state index contributed by atoms with van der Waals surface area (Å²) < 4.78 is 34.9. The Bertz CT molecular complexity index is 2100. The number of aryl methyl sites for hydroxylation is 2.